The van der Waals surface area contributed by atoms with Crippen molar-refractivity contribution in [3.8, 4) is 0 Å². The first-order valence-electron chi connectivity index (χ1n) is 4.88. The largest absolute Gasteiger partial charge is 0.460 e. The van der Waals surface area contributed by atoms with Gasteiger partial charge in [-0.2, -0.15) is 0 Å². The van der Waals surface area contributed by atoms with Crippen molar-refractivity contribution in [2.45, 2.75) is 6.92 Å². The summed E-state index contributed by atoms with van der Waals surface area (Å²) in [5.74, 6) is -1.60. The van der Waals surface area contributed by atoms with Gasteiger partial charge in [-0.3, -0.25) is 4.79 Å². The Balaban J connectivity index is 2.77. The Hall–Kier alpha value is -1.32. The Kier molecular flexibility index (Phi) is 5.19. The van der Waals surface area contributed by atoms with E-state index in [4.69, 9.17) is 23.2 Å². The van der Waals surface area contributed by atoms with Gasteiger partial charge in [0.15, 0.2) is 0 Å². The second-order valence-corrected chi connectivity index (χ2v) is 3.93. The lowest BCUT2D eigenvalue weighted by molar-refractivity contribution is -0.151. The maximum atomic E-state index is 11.3. The van der Waals surface area contributed by atoms with Crippen molar-refractivity contribution < 1.29 is 14.3 Å². The maximum absolute atomic E-state index is 11.3. The van der Waals surface area contributed by atoms with Gasteiger partial charge in [-0.15, -0.1) is 0 Å². The Labute approximate surface area is 109 Å². The number of benzene rings is 1. The standard InChI is InChI=1S/C12H10Cl2O3/c1-2-17-12(16)11(15)6-4-8-3-5-9(13)7-10(8)14/h3-7H,2H2,1H3/b6-4+. The fourth-order valence-electron chi connectivity index (χ4n) is 1.07. The monoisotopic (exact) mass is 272 g/mol. The van der Waals surface area contributed by atoms with Crippen LogP contribution in [0.25, 0.3) is 6.08 Å². The lowest BCUT2D eigenvalue weighted by Gasteiger charge is -1.99. The lowest BCUT2D eigenvalue weighted by atomic mass is 10.2. The first kappa shape index (κ1) is 13.7. The Bertz CT molecular complexity index is 467. The molecule has 0 spiro atoms. The Morgan fingerprint density at radius 2 is 2.06 bits per heavy atom. The number of ether oxygens (including phenoxy) is 1. The van der Waals surface area contributed by atoms with Crippen LogP contribution in [0.4, 0.5) is 0 Å². The van der Waals surface area contributed by atoms with Crippen LogP contribution in [0.3, 0.4) is 0 Å². The molecule has 0 fully saturated rings. The molecule has 0 saturated carbocycles. The molecule has 3 nitrogen and oxygen atoms in total. The number of hydrogen-bond donors (Lipinski definition) is 0. The summed E-state index contributed by atoms with van der Waals surface area (Å²) in [6.45, 7) is 1.80. The van der Waals surface area contributed by atoms with E-state index >= 15 is 0 Å². The summed E-state index contributed by atoms with van der Waals surface area (Å²) in [6, 6.07) is 4.85. The highest BCUT2D eigenvalue weighted by Crippen LogP contribution is 2.21. The molecule has 5 heteroatoms. The van der Waals surface area contributed by atoms with Crippen LogP contribution in [0.15, 0.2) is 24.3 Å². The van der Waals surface area contributed by atoms with Gasteiger partial charge >= 0.3 is 5.97 Å². The summed E-state index contributed by atoms with van der Waals surface area (Å²) in [7, 11) is 0. The van der Waals surface area contributed by atoms with E-state index in [0.29, 0.717) is 15.6 Å². The van der Waals surface area contributed by atoms with Crippen molar-refractivity contribution in [1.82, 2.24) is 0 Å². The van der Waals surface area contributed by atoms with Crippen LogP contribution in [0, 0.1) is 0 Å². The minimum absolute atomic E-state index is 0.167. The third-order valence-corrected chi connectivity index (χ3v) is 2.42. The number of esters is 1. The van der Waals surface area contributed by atoms with Crippen LogP contribution in [0.1, 0.15) is 12.5 Å². The van der Waals surface area contributed by atoms with Crippen LogP contribution in [-0.2, 0) is 14.3 Å². The number of carbonyl (C=O) groups is 2. The fraction of sp³-hybridized carbons (Fsp3) is 0.167. The zero-order valence-electron chi connectivity index (χ0n) is 9.07. The molecule has 0 heterocycles. The highest BCUT2D eigenvalue weighted by molar-refractivity contribution is 6.39. The zero-order chi connectivity index (χ0) is 12.8. The van der Waals surface area contributed by atoms with Crippen LogP contribution in [-0.4, -0.2) is 18.4 Å². The molecule has 90 valence electrons. The summed E-state index contributed by atoms with van der Waals surface area (Å²) in [4.78, 5) is 22.3. The van der Waals surface area contributed by atoms with Crippen molar-refractivity contribution in [1.29, 1.82) is 0 Å². The zero-order valence-corrected chi connectivity index (χ0v) is 10.6. The molecule has 0 saturated heterocycles. The van der Waals surface area contributed by atoms with Crippen molar-refractivity contribution in [2.75, 3.05) is 6.61 Å². The minimum atomic E-state index is -0.881. The van der Waals surface area contributed by atoms with Crippen molar-refractivity contribution in [2.24, 2.45) is 0 Å². The molecular formula is C12H10Cl2O3. The molecule has 0 bridgehead atoms. The molecule has 17 heavy (non-hydrogen) atoms. The highest BCUT2D eigenvalue weighted by atomic mass is 35.5. The van der Waals surface area contributed by atoms with Gasteiger partial charge in [0.25, 0.3) is 5.78 Å². The first-order valence-corrected chi connectivity index (χ1v) is 5.64. The SMILES string of the molecule is CCOC(=O)C(=O)/C=C/c1ccc(Cl)cc1Cl. The molecule has 0 atom stereocenters. The number of halogens is 2. The smallest absolute Gasteiger partial charge is 0.379 e. The average Bonchev–Trinajstić information content (AvgIpc) is 2.27. The van der Waals surface area contributed by atoms with Crippen LogP contribution < -0.4 is 0 Å². The van der Waals surface area contributed by atoms with E-state index in [9.17, 15) is 9.59 Å². The van der Waals surface area contributed by atoms with Gasteiger partial charge in [0.1, 0.15) is 0 Å². The molecule has 0 N–H and O–H groups in total. The van der Waals surface area contributed by atoms with E-state index in [1.54, 1.807) is 25.1 Å². The maximum Gasteiger partial charge on any atom is 0.379 e. The molecule has 0 aliphatic carbocycles. The Morgan fingerprint density at radius 1 is 1.35 bits per heavy atom. The third-order valence-electron chi connectivity index (χ3n) is 1.85. The molecule has 1 aromatic carbocycles. The second-order valence-electron chi connectivity index (χ2n) is 3.08. The predicted octanol–water partition coefficient (Wildman–Crippen LogP) is 3.14. The second kappa shape index (κ2) is 6.42. The summed E-state index contributed by atoms with van der Waals surface area (Å²) in [5.41, 5.74) is 0.605. The van der Waals surface area contributed by atoms with Gasteiger partial charge in [0.2, 0.25) is 0 Å². The summed E-state index contributed by atoms with van der Waals surface area (Å²) in [5, 5.41) is 0.911. The van der Waals surface area contributed by atoms with Crippen LogP contribution in [0.5, 0.6) is 0 Å². The van der Waals surface area contributed by atoms with Crippen molar-refractivity contribution in [3.63, 3.8) is 0 Å². The lowest BCUT2D eigenvalue weighted by Crippen LogP contribution is -2.14. The minimum Gasteiger partial charge on any atom is -0.460 e. The van der Waals surface area contributed by atoms with Gasteiger partial charge in [0, 0.05) is 10.0 Å². The summed E-state index contributed by atoms with van der Waals surface area (Å²) >= 11 is 11.6. The highest BCUT2D eigenvalue weighted by Gasteiger charge is 2.10. The average molecular weight is 273 g/mol. The fourth-order valence-corrected chi connectivity index (χ4v) is 1.54. The quantitative estimate of drug-likeness (QED) is 0.481. The van der Waals surface area contributed by atoms with Crippen molar-refractivity contribution in [3.05, 3.63) is 39.9 Å². The molecular weight excluding hydrogens is 263 g/mol. The van der Waals surface area contributed by atoms with Gasteiger partial charge in [-0.1, -0.05) is 29.3 Å². The van der Waals surface area contributed by atoms with E-state index in [0.717, 1.165) is 6.08 Å². The normalized spacial score (nSPS) is 10.5. The van der Waals surface area contributed by atoms with Crippen molar-refractivity contribution >= 4 is 41.0 Å². The van der Waals surface area contributed by atoms with E-state index < -0.39 is 11.8 Å². The molecule has 0 aliphatic heterocycles. The van der Waals surface area contributed by atoms with Crippen LogP contribution in [0.2, 0.25) is 10.0 Å². The van der Waals surface area contributed by atoms with E-state index in [1.807, 2.05) is 0 Å². The number of carbonyl (C=O) groups excluding carboxylic acids is 2. The molecule has 1 aromatic rings. The third kappa shape index (κ3) is 4.21. The summed E-state index contributed by atoms with van der Waals surface area (Å²) < 4.78 is 4.55. The molecule has 0 unspecified atom stereocenters. The van der Waals surface area contributed by atoms with E-state index in [2.05, 4.69) is 4.74 Å². The van der Waals surface area contributed by atoms with Crippen LogP contribution >= 0.6 is 23.2 Å². The predicted molar refractivity (Wildman–Crippen MR) is 67.1 cm³/mol. The number of ketones is 1. The molecule has 0 aromatic heterocycles. The number of hydrogen-bond acceptors (Lipinski definition) is 3. The Morgan fingerprint density at radius 3 is 2.65 bits per heavy atom. The topological polar surface area (TPSA) is 43.4 Å². The number of rotatable bonds is 4. The molecule has 0 radical (unpaired) electrons. The summed E-state index contributed by atoms with van der Waals surface area (Å²) in [6.07, 6.45) is 2.56. The molecule has 0 amide bonds. The molecule has 0 aliphatic rings. The van der Waals surface area contributed by atoms with E-state index in [1.165, 1.54) is 6.08 Å². The molecule has 1 rings (SSSR count). The van der Waals surface area contributed by atoms with Gasteiger partial charge in [-0.05, 0) is 36.8 Å². The van der Waals surface area contributed by atoms with Gasteiger partial charge in [-0.25, -0.2) is 4.79 Å². The van der Waals surface area contributed by atoms with Gasteiger partial charge < -0.3 is 4.74 Å². The first-order chi connectivity index (χ1) is 8.04. The van der Waals surface area contributed by atoms with Gasteiger partial charge in [0.05, 0.1) is 6.61 Å². The van der Waals surface area contributed by atoms with E-state index in [-0.39, 0.29) is 6.61 Å².